The number of thioether (sulfide) groups is 1. The van der Waals surface area contributed by atoms with Gasteiger partial charge in [0.2, 0.25) is 5.91 Å². The molecular formula is C13H14FNO3S. The predicted octanol–water partition coefficient (Wildman–Crippen LogP) is 1.90. The number of benzene rings is 1. The van der Waals surface area contributed by atoms with E-state index in [0.29, 0.717) is 4.90 Å². The molecule has 1 aliphatic rings. The van der Waals surface area contributed by atoms with Crippen LogP contribution in [0.2, 0.25) is 0 Å². The number of carbonyl (C=O) groups excluding carboxylic acids is 1. The topological polar surface area (TPSA) is 66.4 Å². The van der Waals surface area contributed by atoms with Crippen LogP contribution in [0.25, 0.3) is 0 Å². The Balaban J connectivity index is 1.84. The van der Waals surface area contributed by atoms with Gasteiger partial charge in [0.15, 0.2) is 0 Å². The van der Waals surface area contributed by atoms with Crippen LogP contribution in [0.4, 0.5) is 4.39 Å². The molecule has 1 aromatic carbocycles. The SMILES string of the molecule is O=C(CSc1ccccc1F)NC(C(=O)O)C1CC1. The van der Waals surface area contributed by atoms with Crippen LogP contribution < -0.4 is 5.32 Å². The lowest BCUT2D eigenvalue weighted by molar-refractivity contribution is -0.142. The highest BCUT2D eigenvalue weighted by molar-refractivity contribution is 8.00. The van der Waals surface area contributed by atoms with Crippen molar-refractivity contribution in [1.29, 1.82) is 0 Å². The lowest BCUT2D eigenvalue weighted by atomic mass is 10.2. The van der Waals surface area contributed by atoms with Crippen molar-refractivity contribution in [3.8, 4) is 0 Å². The van der Waals surface area contributed by atoms with Crippen LogP contribution in [-0.4, -0.2) is 28.8 Å². The van der Waals surface area contributed by atoms with Crippen LogP contribution in [0.1, 0.15) is 12.8 Å². The molecule has 2 rings (SSSR count). The first-order valence-electron chi connectivity index (χ1n) is 5.97. The van der Waals surface area contributed by atoms with Gasteiger partial charge in [0.05, 0.1) is 5.75 Å². The van der Waals surface area contributed by atoms with Gasteiger partial charge in [0.25, 0.3) is 0 Å². The third-order valence-electron chi connectivity index (χ3n) is 2.87. The summed E-state index contributed by atoms with van der Waals surface area (Å²) in [7, 11) is 0. The van der Waals surface area contributed by atoms with Gasteiger partial charge in [-0.2, -0.15) is 0 Å². The lowest BCUT2D eigenvalue weighted by Gasteiger charge is -2.13. The molecule has 1 aromatic rings. The minimum Gasteiger partial charge on any atom is -0.480 e. The van der Waals surface area contributed by atoms with Crippen LogP contribution >= 0.6 is 11.8 Å². The number of hydrogen-bond donors (Lipinski definition) is 2. The maximum atomic E-state index is 13.3. The van der Waals surface area contributed by atoms with Gasteiger partial charge in [-0.05, 0) is 30.9 Å². The first-order chi connectivity index (χ1) is 9.08. The Morgan fingerprint density at radius 1 is 1.42 bits per heavy atom. The Hall–Kier alpha value is -1.56. The number of hydrogen-bond acceptors (Lipinski definition) is 3. The number of carboxylic acids is 1. The van der Waals surface area contributed by atoms with E-state index in [-0.39, 0.29) is 23.4 Å². The van der Waals surface area contributed by atoms with Crippen molar-refractivity contribution in [1.82, 2.24) is 5.32 Å². The molecule has 1 atom stereocenters. The average Bonchev–Trinajstić information content (AvgIpc) is 3.19. The van der Waals surface area contributed by atoms with Gasteiger partial charge in [-0.25, -0.2) is 9.18 Å². The molecule has 0 radical (unpaired) electrons. The first-order valence-corrected chi connectivity index (χ1v) is 6.96. The van der Waals surface area contributed by atoms with Crippen molar-refractivity contribution >= 4 is 23.6 Å². The minimum atomic E-state index is -1.01. The van der Waals surface area contributed by atoms with E-state index in [4.69, 9.17) is 5.11 Å². The minimum absolute atomic E-state index is 0.0113. The second-order valence-corrected chi connectivity index (χ2v) is 5.46. The van der Waals surface area contributed by atoms with Crippen molar-refractivity contribution < 1.29 is 19.1 Å². The Morgan fingerprint density at radius 3 is 2.68 bits per heavy atom. The van der Waals surface area contributed by atoms with Crippen LogP contribution in [0, 0.1) is 11.7 Å². The van der Waals surface area contributed by atoms with E-state index in [0.717, 1.165) is 24.6 Å². The second kappa shape index (κ2) is 6.06. The Morgan fingerprint density at radius 2 is 2.11 bits per heavy atom. The molecule has 2 N–H and O–H groups in total. The van der Waals surface area contributed by atoms with Gasteiger partial charge >= 0.3 is 5.97 Å². The van der Waals surface area contributed by atoms with Crippen LogP contribution in [0.3, 0.4) is 0 Å². The monoisotopic (exact) mass is 283 g/mol. The summed E-state index contributed by atoms with van der Waals surface area (Å²) in [6, 6.07) is 5.36. The fourth-order valence-corrected chi connectivity index (χ4v) is 2.48. The molecule has 4 nitrogen and oxygen atoms in total. The third kappa shape index (κ3) is 3.96. The molecule has 1 unspecified atom stereocenters. The molecule has 1 saturated carbocycles. The zero-order chi connectivity index (χ0) is 13.8. The number of carbonyl (C=O) groups is 2. The molecule has 1 amide bonds. The Kier molecular flexibility index (Phi) is 4.42. The van der Waals surface area contributed by atoms with E-state index >= 15 is 0 Å². The van der Waals surface area contributed by atoms with Crippen LogP contribution in [-0.2, 0) is 9.59 Å². The van der Waals surface area contributed by atoms with Gasteiger partial charge in [0, 0.05) is 4.90 Å². The largest absolute Gasteiger partial charge is 0.480 e. The van der Waals surface area contributed by atoms with Gasteiger partial charge in [-0.1, -0.05) is 12.1 Å². The summed E-state index contributed by atoms with van der Waals surface area (Å²) in [4.78, 5) is 23.0. The van der Waals surface area contributed by atoms with Gasteiger partial charge in [0.1, 0.15) is 11.9 Å². The van der Waals surface area contributed by atoms with E-state index in [1.54, 1.807) is 18.2 Å². The highest BCUT2D eigenvalue weighted by Gasteiger charge is 2.37. The summed E-state index contributed by atoms with van der Waals surface area (Å²) in [6.07, 6.45) is 1.66. The molecule has 0 heterocycles. The molecule has 0 spiro atoms. The van der Waals surface area contributed by atoms with E-state index in [2.05, 4.69) is 5.32 Å². The van der Waals surface area contributed by atoms with Crippen LogP contribution in [0.15, 0.2) is 29.2 Å². The number of nitrogens with one attached hydrogen (secondary N) is 1. The zero-order valence-electron chi connectivity index (χ0n) is 10.1. The second-order valence-electron chi connectivity index (χ2n) is 4.44. The van der Waals surface area contributed by atoms with Crippen molar-refractivity contribution in [2.75, 3.05) is 5.75 Å². The normalized spacial score (nSPS) is 15.8. The highest BCUT2D eigenvalue weighted by Crippen LogP contribution is 2.32. The molecule has 1 fully saturated rings. The molecule has 19 heavy (non-hydrogen) atoms. The average molecular weight is 283 g/mol. The van der Waals surface area contributed by atoms with Gasteiger partial charge in [-0.15, -0.1) is 11.8 Å². The fourth-order valence-electron chi connectivity index (χ4n) is 1.73. The third-order valence-corrected chi connectivity index (χ3v) is 3.92. The van der Waals surface area contributed by atoms with Gasteiger partial charge < -0.3 is 10.4 Å². The lowest BCUT2D eigenvalue weighted by Crippen LogP contribution is -2.43. The number of amides is 1. The summed E-state index contributed by atoms with van der Waals surface area (Å²) in [5.41, 5.74) is 0. The van der Waals surface area contributed by atoms with E-state index < -0.39 is 12.0 Å². The summed E-state index contributed by atoms with van der Waals surface area (Å²) < 4.78 is 13.3. The standard InChI is InChI=1S/C13H14FNO3S/c14-9-3-1-2-4-10(9)19-7-11(16)15-12(13(17)18)8-5-6-8/h1-4,8,12H,5-7H2,(H,15,16)(H,17,18). The molecular weight excluding hydrogens is 269 g/mol. The number of aliphatic carboxylic acids is 1. The van der Waals surface area contributed by atoms with Gasteiger partial charge in [-0.3, -0.25) is 4.79 Å². The Bertz CT molecular complexity index is 491. The van der Waals surface area contributed by atoms with Crippen molar-refractivity contribution in [2.24, 2.45) is 5.92 Å². The zero-order valence-corrected chi connectivity index (χ0v) is 11.0. The first kappa shape index (κ1) is 13.9. The number of carboxylic acid groups (broad SMARTS) is 1. The molecule has 102 valence electrons. The van der Waals surface area contributed by atoms with Crippen LogP contribution in [0.5, 0.6) is 0 Å². The number of rotatable bonds is 6. The molecule has 1 aliphatic carbocycles. The fraction of sp³-hybridized carbons (Fsp3) is 0.385. The predicted molar refractivity (Wildman–Crippen MR) is 69.4 cm³/mol. The molecule has 0 bridgehead atoms. The molecule has 6 heteroatoms. The van der Waals surface area contributed by atoms with E-state index in [1.807, 2.05) is 0 Å². The summed E-state index contributed by atoms with van der Waals surface area (Å²) in [5.74, 6) is -1.71. The quantitative estimate of drug-likeness (QED) is 0.783. The highest BCUT2D eigenvalue weighted by atomic mass is 32.2. The van der Waals surface area contributed by atoms with Crippen molar-refractivity contribution in [3.63, 3.8) is 0 Å². The van der Waals surface area contributed by atoms with E-state index in [1.165, 1.54) is 6.07 Å². The smallest absolute Gasteiger partial charge is 0.326 e. The van der Waals surface area contributed by atoms with Crippen molar-refractivity contribution in [3.05, 3.63) is 30.1 Å². The summed E-state index contributed by atoms with van der Waals surface area (Å²) in [5, 5.41) is 11.5. The van der Waals surface area contributed by atoms with Crippen molar-refractivity contribution in [2.45, 2.75) is 23.8 Å². The Labute approximate surface area is 114 Å². The van der Waals surface area contributed by atoms with E-state index in [9.17, 15) is 14.0 Å². The molecule has 0 aliphatic heterocycles. The number of halogens is 1. The maximum Gasteiger partial charge on any atom is 0.326 e. The summed E-state index contributed by atoms with van der Waals surface area (Å²) >= 11 is 1.06. The maximum absolute atomic E-state index is 13.3. The molecule has 0 aromatic heterocycles. The molecule has 0 saturated heterocycles. The summed E-state index contributed by atoms with van der Waals surface area (Å²) in [6.45, 7) is 0.